The predicted octanol–water partition coefficient (Wildman–Crippen LogP) is 1.28. The highest BCUT2D eigenvalue weighted by Crippen LogP contribution is 2.36. The fraction of sp³-hybridized carbons (Fsp3) is 0.909. The highest BCUT2D eigenvalue weighted by Gasteiger charge is 2.41. The number of halogens is 1. The van der Waals surface area contributed by atoms with E-state index in [0.29, 0.717) is 11.3 Å². The molecule has 88 valence electrons. The van der Waals surface area contributed by atoms with Gasteiger partial charge in [-0.3, -0.25) is 4.79 Å². The van der Waals surface area contributed by atoms with E-state index in [1.807, 2.05) is 13.8 Å². The Kier molecular flexibility index (Phi) is 4.01. The van der Waals surface area contributed by atoms with Gasteiger partial charge in [0.1, 0.15) is 0 Å². The van der Waals surface area contributed by atoms with E-state index in [2.05, 4.69) is 10.2 Å². The van der Waals surface area contributed by atoms with Crippen LogP contribution in [0, 0.1) is 11.3 Å². The van der Waals surface area contributed by atoms with Crippen molar-refractivity contribution in [3.05, 3.63) is 0 Å². The van der Waals surface area contributed by atoms with Crippen LogP contribution in [0.1, 0.15) is 26.7 Å². The summed E-state index contributed by atoms with van der Waals surface area (Å²) in [6.07, 6.45) is 2.44. The van der Waals surface area contributed by atoms with Crippen LogP contribution in [-0.2, 0) is 4.79 Å². The van der Waals surface area contributed by atoms with Gasteiger partial charge in [-0.25, -0.2) is 0 Å². The lowest BCUT2D eigenvalue weighted by Gasteiger charge is -2.23. The molecule has 0 saturated carbocycles. The van der Waals surface area contributed by atoms with Crippen LogP contribution in [0.2, 0.25) is 0 Å². The lowest BCUT2D eigenvalue weighted by molar-refractivity contribution is -0.133. The van der Waals surface area contributed by atoms with Crippen molar-refractivity contribution in [1.29, 1.82) is 0 Å². The van der Waals surface area contributed by atoms with Gasteiger partial charge in [0.2, 0.25) is 5.91 Å². The van der Waals surface area contributed by atoms with Crippen LogP contribution in [0.25, 0.3) is 0 Å². The molecule has 2 fully saturated rings. The molecule has 0 aliphatic carbocycles. The Morgan fingerprint density at radius 1 is 1.40 bits per heavy atom. The van der Waals surface area contributed by atoms with Gasteiger partial charge in [-0.1, -0.05) is 13.8 Å². The molecule has 1 amide bonds. The molecule has 4 heteroatoms. The second-order valence-electron chi connectivity index (χ2n) is 5.09. The molecule has 0 aromatic carbocycles. The van der Waals surface area contributed by atoms with Crippen molar-refractivity contribution in [2.45, 2.75) is 26.7 Å². The van der Waals surface area contributed by atoms with Gasteiger partial charge in [0.15, 0.2) is 0 Å². The minimum Gasteiger partial charge on any atom is -0.342 e. The first-order valence-corrected chi connectivity index (χ1v) is 5.62. The molecule has 2 rings (SSSR count). The van der Waals surface area contributed by atoms with Crippen LogP contribution in [-0.4, -0.2) is 37.0 Å². The Balaban J connectivity index is 0.00000112. The molecule has 0 bridgehead atoms. The van der Waals surface area contributed by atoms with Gasteiger partial charge < -0.3 is 10.2 Å². The summed E-state index contributed by atoms with van der Waals surface area (Å²) in [6.45, 7) is 8.16. The molecule has 1 unspecified atom stereocenters. The molecule has 15 heavy (non-hydrogen) atoms. The maximum atomic E-state index is 11.8. The molecule has 2 aliphatic rings. The summed E-state index contributed by atoms with van der Waals surface area (Å²) in [7, 11) is 0. The third-order valence-electron chi connectivity index (χ3n) is 3.58. The maximum Gasteiger partial charge on any atom is 0.225 e. The Bertz CT molecular complexity index is 237. The zero-order chi connectivity index (χ0) is 10.2. The van der Waals surface area contributed by atoms with Crippen LogP contribution >= 0.6 is 12.4 Å². The van der Waals surface area contributed by atoms with Crippen LogP contribution in [0.4, 0.5) is 0 Å². The molecule has 1 atom stereocenters. The SMILES string of the molecule is CC(C)C(=O)N1CCC2(CCNC2)C1.Cl. The summed E-state index contributed by atoms with van der Waals surface area (Å²) in [5, 5.41) is 3.41. The third-order valence-corrected chi connectivity index (χ3v) is 3.58. The molecule has 2 saturated heterocycles. The fourth-order valence-electron chi connectivity index (χ4n) is 2.63. The fourth-order valence-corrected chi connectivity index (χ4v) is 2.63. The zero-order valence-electron chi connectivity index (χ0n) is 9.58. The molecule has 3 nitrogen and oxygen atoms in total. The summed E-state index contributed by atoms with van der Waals surface area (Å²) in [6, 6.07) is 0. The molecule has 0 radical (unpaired) electrons. The number of carbonyl (C=O) groups is 1. The molecule has 1 spiro atoms. The molecular formula is C11H21ClN2O. The van der Waals surface area contributed by atoms with Gasteiger partial charge in [-0.2, -0.15) is 0 Å². The molecule has 2 aliphatic heterocycles. The number of carbonyl (C=O) groups excluding carboxylic acids is 1. The number of nitrogens with zero attached hydrogens (tertiary/aromatic N) is 1. The average molecular weight is 233 g/mol. The van der Waals surface area contributed by atoms with Gasteiger partial charge in [0.25, 0.3) is 0 Å². The minimum atomic E-state index is 0. The van der Waals surface area contributed by atoms with Gasteiger partial charge in [-0.15, -0.1) is 12.4 Å². The number of hydrogen-bond donors (Lipinski definition) is 1. The summed E-state index contributed by atoms with van der Waals surface area (Å²) in [5.41, 5.74) is 0.421. The summed E-state index contributed by atoms with van der Waals surface area (Å²) in [5.74, 6) is 0.480. The Hall–Kier alpha value is -0.280. The quantitative estimate of drug-likeness (QED) is 0.739. The Morgan fingerprint density at radius 3 is 2.67 bits per heavy atom. The number of amides is 1. The van der Waals surface area contributed by atoms with Crippen molar-refractivity contribution < 1.29 is 4.79 Å². The molecule has 2 heterocycles. The van der Waals surface area contributed by atoms with Crippen molar-refractivity contribution in [3.8, 4) is 0 Å². The summed E-state index contributed by atoms with van der Waals surface area (Å²) in [4.78, 5) is 13.8. The summed E-state index contributed by atoms with van der Waals surface area (Å²) < 4.78 is 0. The van der Waals surface area contributed by atoms with Crippen molar-refractivity contribution in [2.24, 2.45) is 11.3 Å². The zero-order valence-corrected chi connectivity index (χ0v) is 10.4. The van der Waals surface area contributed by atoms with E-state index in [4.69, 9.17) is 0 Å². The first kappa shape index (κ1) is 12.8. The number of hydrogen-bond acceptors (Lipinski definition) is 2. The topological polar surface area (TPSA) is 32.3 Å². The van der Waals surface area contributed by atoms with E-state index >= 15 is 0 Å². The van der Waals surface area contributed by atoms with Gasteiger partial charge in [0.05, 0.1) is 0 Å². The second kappa shape index (κ2) is 4.71. The first-order valence-electron chi connectivity index (χ1n) is 5.62. The van der Waals surface area contributed by atoms with E-state index in [-0.39, 0.29) is 18.3 Å². The highest BCUT2D eigenvalue weighted by atomic mass is 35.5. The second-order valence-corrected chi connectivity index (χ2v) is 5.09. The van der Waals surface area contributed by atoms with Gasteiger partial charge >= 0.3 is 0 Å². The van der Waals surface area contributed by atoms with Crippen molar-refractivity contribution in [2.75, 3.05) is 26.2 Å². The van der Waals surface area contributed by atoms with Crippen LogP contribution in [0.3, 0.4) is 0 Å². The molecular weight excluding hydrogens is 212 g/mol. The largest absolute Gasteiger partial charge is 0.342 e. The van der Waals surface area contributed by atoms with Crippen molar-refractivity contribution >= 4 is 18.3 Å². The van der Waals surface area contributed by atoms with E-state index in [0.717, 1.165) is 26.2 Å². The lowest BCUT2D eigenvalue weighted by Crippen LogP contribution is -2.35. The third kappa shape index (κ3) is 2.45. The Labute approximate surface area is 98.0 Å². The maximum absolute atomic E-state index is 11.8. The Morgan fingerprint density at radius 2 is 2.13 bits per heavy atom. The molecule has 0 aromatic heterocycles. The first-order chi connectivity index (χ1) is 6.63. The molecule has 0 aromatic rings. The van der Waals surface area contributed by atoms with Crippen LogP contribution in [0.5, 0.6) is 0 Å². The van der Waals surface area contributed by atoms with Crippen molar-refractivity contribution in [3.63, 3.8) is 0 Å². The van der Waals surface area contributed by atoms with E-state index in [9.17, 15) is 4.79 Å². The van der Waals surface area contributed by atoms with Crippen molar-refractivity contribution in [1.82, 2.24) is 10.2 Å². The van der Waals surface area contributed by atoms with E-state index in [1.54, 1.807) is 0 Å². The van der Waals surface area contributed by atoms with E-state index < -0.39 is 0 Å². The van der Waals surface area contributed by atoms with E-state index in [1.165, 1.54) is 12.8 Å². The highest BCUT2D eigenvalue weighted by molar-refractivity contribution is 5.85. The predicted molar refractivity (Wildman–Crippen MR) is 63.2 cm³/mol. The normalized spacial score (nSPS) is 29.9. The number of likely N-dealkylation sites (tertiary alicyclic amines) is 1. The lowest BCUT2D eigenvalue weighted by atomic mass is 9.86. The van der Waals surface area contributed by atoms with Gasteiger partial charge in [0, 0.05) is 31.0 Å². The summed E-state index contributed by atoms with van der Waals surface area (Å²) >= 11 is 0. The van der Waals surface area contributed by atoms with Crippen LogP contribution in [0.15, 0.2) is 0 Å². The molecule has 1 N–H and O–H groups in total. The smallest absolute Gasteiger partial charge is 0.225 e. The van der Waals surface area contributed by atoms with Gasteiger partial charge in [-0.05, 0) is 19.4 Å². The number of nitrogens with one attached hydrogen (secondary N) is 1. The van der Waals surface area contributed by atoms with Crippen LogP contribution < -0.4 is 5.32 Å². The standard InChI is InChI=1S/C11H20N2O.ClH/c1-9(2)10(14)13-6-4-11(8-13)3-5-12-7-11;/h9,12H,3-8H2,1-2H3;1H. The number of rotatable bonds is 1. The minimum absolute atomic E-state index is 0. The monoisotopic (exact) mass is 232 g/mol. The average Bonchev–Trinajstić information content (AvgIpc) is 2.76.